The fraction of sp³-hybridized carbons (Fsp3) is 0.500. The maximum Gasteiger partial charge on any atom is 0.154 e. The molecule has 20 heavy (non-hydrogen) atoms. The molecular formula is C16H19Cl2NO. The first-order valence-electron chi connectivity index (χ1n) is 7.18. The molecule has 1 aromatic carbocycles. The third-order valence-electron chi connectivity index (χ3n) is 3.66. The molecule has 1 aliphatic carbocycles. The molecule has 0 saturated heterocycles. The summed E-state index contributed by atoms with van der Waals surface area (Å²) < 4.78 is 6.01. The Kier molecular flexibility index (Phi) is 3.98. The maximum atomic E-state index is 6.37. The normalized spacial score (nSPS) is 15.4. The van der Waals surface area contributed by atoms with Gasteiger partial charge in [0.1, 0.15) is 5.76 Å². The van der Waals surface area contributed by atoms with Crippen LogP contribution in [0.25, 0.3) is 11.0 Å². The molecule has 0 radical (unpaired) electrons. The Morgan fingerprint density at radius 2 is 1.95 bits per heavy atom. The summed E-state index contributed by atoms with van der Waals surface area (Å²) >= 11 is 12.6. The highest BCUT2D eigenvalue weighted by Crippen LogP contribution is 2.37. The number of nitrogens with one attached hydrogen (secondary N) is 1. The van der Waals surface area contributed by atoms with Crippen molar-refractivity contribution in [3.05, 3.63) is 33.5 Å². The van der Waals surface area contributed by atoms with Gasteiger partial charge in [0.15, 0.2) is 5.58 Å². The van der Waals surface area contributed by atoms with Crippen LogP contribution in [-0.2, 0) is 13.0 Å². The van der Waals surface area contributed by atoms with Gasteiger partial charge in [-0.25, -0.2) is 0 Å². The summed E-state index contributed by atoms with van der Waals surface area (Å²) in [7, 11) is 0. The monoisotopic (exact) mass is 311 g/mol. The van der Waals surface area contributed by atoms with Gasteiger partial charge in [-0.2, -0.15) is 0 Å². The van der Waals surface area contributed by atoms with Gasteiger partial charge in [0.05, 0.1) is 16.6 Å². The molecule has 3 rings (SSSR count). The van der Waals surface area contributed by atoms with Crippen molar-refractivity contribution < 1.29 is 4.42 Å². The number of halogens is 2. The molecule has 2 aromatic rings. The van der Waals surface area contributed by atoms with Crippen LogP contribution in [-0.4, -0.2) is 6.04 Å². The quantitative estimate of drug-likeness (QED) is 0.822. The predicted octanol–water partition coefficient (Wildman–Crippen LogP) is 5.19. The van der Waals surface area contributed by atoms with Crippen molar-refractivity contribution in [3.63, 3.8) is 0 Å². The van der Waals surface area contributed by atoms with Gasteiger partial charge in [0.2, 0.25) is 0 Å². The Bertz CT molecular complexity index is 629. The standard InChI is InChI=1S/C16H19Cl2NO/c1-9(2)7-11-14(8-19-10-3-4-10)20-16-13(18)6-5-12(17)15(11)16/h5-6,9-10,19H,3-4,7-8H2,1-2H3. The molecule has 0 atom stereocenters. The minimum atomic E-state index is 0.547. The SMILES string of the molecule is CC(C)Cc1c(CNC2CC2)oc2c(Cl)ccc(Cl)c12. The first-order valence-corrected chi connectivity index (χ1v) is 7.93. The molecule has 0 amide bonds. The van der Waals surface area contributed by atoms with E-state index < -0.39 is 0 Å². The molecule has 0 aliphatic heterocycles. The number of rotatable bonds is 5. The van der Waals surface area contributed by atoms with E-state index in [2.05, 4.69) is 19.2 Å². The molecule has 1 aliphatic rings. The average molecular weight is 312 g/mol. The van der Waals surface area contributed by atoms with Gasteiger partial charge in [-0.3, -0.25) is 0 Å². The van der Waals surface area contributed by atoms with Gasteiger partial charge in [-0.05, 0) is 37.3 Å². The third kappa shape index (κ3) is 2.83. The molecule has 1 fully saturated rings. The second-order valence-corrected chi connectivity index (χ2v) is 6.80. The van der Waals surface area contributed by atoms with Crippen LogP contribution in [0.4, 0.5) is 0 Å². The number of benzene rings is 1. The van der Waals surface area contributed by atoms with E-state index in [9.17, 15) is 0 Å². The minimum absolute atomic E-state index is 0.547. The van der Waals surface area contributed by atoms with Crippen LogP contribution < -0.4 is 5.32 Å². The summed E-state index contributed by atoms with van der Waals surface area (Å²) in [6.07, 6.45) is 3.48. The summed E-state index contributed by atoms with van der Waals surface area (Å²) in [6.45, 7) is 5.17. The zero-order valence-electron chi connectivity index (χ0n) is 11.8. The van der Waals surface area contributed by atoms with E-state index in [4.69, 9.17) is 27.6 Å². The van der Waals surface area contributed by atoms with Crippen molar-refractivity contribution >= 4 is 34.2 Å². The Morgan fingerprint density at radius 3 is 2.60 bits per heavy atom. The molecular weight excluding hydrogens is 293 g/mol. The highest BCUT2D eigenvalue weighted by molar-refractivity contribution is 6.40. The van der Waals surface area contributed by atoms with Gasteiger partial charge in [0, 0.05) is 17.0 Å². The van der Waals surface area contributed by atoms with Crippen LogP contribution in [0.15, 0.2) is 16.5 Å². The van der Waals surface area contributed by atoms with Crippen LogP contribution in [0, 0.1) is 5.92 Å². The first kappa shape index (κ1) is 14.2. The van der Waals surface area contributed by atoms with Crippen LogP contribution in [0.1, 0.15) is 38.0 Å². The molecule has 1 aromatic heterocycles. The lowest BCUT2D eigenvalue weighted by atomic mass is 9.99. The number of hydrogen-bond acceptors (Lipinski definition) is 2. The van der Waals surface area contributed by atoms with Crippen LogP contribution in [0.2, 0.25) is 10.0 Å². The van der Waals surface area contributed by atoms with Gasteiger partial charge in [-0.1, -0.05) is 37.0 Å². The fourth-order valence-electron chi connectivity index (χ4n) is 2.53. The van der Waals surface area contributed by atoms with Crippen molar-refractivity contribution in [2.75, 3.05) is 0 Å². The lowest BCUT2D eigenvalue weighted by molar-refractivity contribution is 0.500. The minimum Gasteiger partial charge on any atom is -0.458 e. The molecule has 108 valence electrons. The number of furan rings is 1. The predicted molar refractivity (Wildman–Crippen MR) is 84.6 cm³/mol. The summed E-state index contributed by atoms with van der Waals surface area (Å²) in [4.78, 5) is 0. The van der Waals surface area contributed by atoms with E-state index in [1.54, 1.807) is 6.07 Å². The van der Waals surface area contributed by atoms with E-state index in [0.29, 0.717) is 17.0 Å². The Morgan fingerprint density at radius 1 is 1.25 bits per heavy atom. The molecule has 0 unspecified atom stereocenters. The van der Waals surface area contributed by atoms with Crippen LogP contribution in [0.3, 0.4) is 0 Å². The van der Waals surface area contributed by atoms with Gasteiger partial charge < -0.3 is 9.73 Å². The molecule has 4 heteroatoms. The molecule has 1 saturated carbocycles. The smallest absolute Gasteiger partial charge is 0.154 e. The second-order valence-electron chi connectivity index (χ2n) is 5.99. The van der Waals surface area contributed by atoms with Gasteiger partial charge in [0.25, 0.3) is 0 Å². The van der Waals surface area contributed by atoms with E-state index in [0.717, 1.165) is 34.7 Å². The van der Waals surface area contributed by atoms with Crippen LogP contribution >= 0.6 is 23.2 Å². The maximum absolute atomic E-state index is 6.37. The fourth-order valence-corrected chi connectivity index (χ4v) is 2.99. The van der Waals surface area contributed by atoms with Crippen molar-refractivity contribution in [1.82, 2.24) is 5.32 Å². The molecule has 2 nitrogen and oxygen atoms in total. The molecule has 1 heterocycles. The lowest BCUT2D eigenvalue weighted by Gasteiger charge is -2.07. The van der Waals surface area contributed by atoms with E-state index >= 15 is 0 Å². The Balaban J connectivity index is 2.05. The van der Waals surface area contributed by atoms with Crippen molar-refractivity contribution in [3.8, 4) is 0 Å². The summed E-state index contributed by atoms with van der Waals surface area (Å²) in [6, 6.07) is 4.30. The highest BCUT2D eigenvalue weighted by Gasteiger charge is 2.24. The number of fused-ring (bicyclic) bond motifs is 1. The second kappa shape index (κ2) is 5.59. The average Bonchev–Trinajstić information content (AvgIpc) is 3.14. The van der Waals surface area contributed by atoms with Gasteiger partial charge >= 0.3 is 0 Å². The third-order valence-corrected chi connectivity index (χ3v) is 4.28. The van der Waals surface area contributed by atoms with E-state index in [1.165, 1.54) is 18.4 Å². The zero-order chi connectivity index (χ0) is 14.3. The first-order chi connectivity index (χ1) is 9.56. The molecule has 0 bridgehead atoms. The van der Waals surface area contributed by atoms with Crippen molar-refractivity contribution in [1.29, 1.82) is 0 Å². The lowest BCUT2D eigenvalue weighted by Crippen LogP contribution is -2.16. The van der Waals surface area contributed by atoms with Crippen LogP contribution in [0.5, 0.6) is 0 Å². The summed E-state index contributed by atoms with van der Waals surface area (Å²) in [5, 5.41) is 5.85. The summed E-state index contributed by atoms with van der Waals surface area (Å²) in [5.41, 5.74) is 1.93. The van der Waals surface area contributed by atoms with Gasteiger partial charge in [-0.15, -0.1) is 0 Å². The largest absolute Gasteiger partial charge is 0.458 e. The zero-order valence-corrected chi connectivity index (χ0v) is 13.3. The molecule has 1 N–H and O–H groups in total. The molecule has 0 spiro atoms. The Labute approximate surface area is 129 Å². The van der Waals surface area contributed by atoms with E-state index in [1.807, 2.05) is 6.07 Å². The highest BCUT2D eigenvalue weighted by atomic mass is 35.5. The number of hydrogen-bond donors (Lipinski definition) is 1. The van der Waals surface area contributed by atoms with Crippen molar-refractivity contribution in [2.24, 2.45) is 5.92 Å². The Hall–Kier alpha value is -0.700. The topological polar surface area (TPSA) is 25.2 Å². The van der Waals surface area contributed by atoms with Crippen molar-refractivity contribution in [2.45, 2.75) is 45.7 Å². The summed E-state index contributed by atoms with van der Waals surface area (Å²) in [5.74, 6) is 1.53. The van der Waals surface area contributed by atoms with E-state index in [-0.39, 0.29) is 0 Å².